The van der Waals surface area contributed by atoms with E-state index in [1.807, 2.05) is 18.7 Å². The summed E-state index contributed by atoms with van der Waals surface area (Å²) in [7, 11) is 0. The first-order valence-electron chi connectivity index (χ1n) is 7.68. The van der Waals surface area contributed by atoms with E-state index in [1.54, 1.807) is 18.5 Å². The van der Waals surface area contributed by atoms with E-state index in [1.165, 1.54) is 0 Å². The van der Waals surface area contributed by atoms with Gasteiger partial charge in [-0.3, -0.25) is 5.32 Å². The van der Waals surface area contributed by atoms with Crippen molar-refractivity contribution in [2.45, 2.75) is 45.1 Å². The molecule has 22 heavy (non-hydrogen) atoms. The molecule has 1 fully saturated rings. The summed E-state index contributed by atoms with van der Waals surface area (Å²) in [5, 5.41) is 6.72. The van der Waals surface area contributed by atoms with Gasteiger partial charge in [-0.1, -0.05) is 19.0 Å². The number of nitrogens with one attached hydrogen (secondary N) is 2. The Kier molecular flexibility index (Phi) is 4.13. The number of aromatic nitrogens is 3. The molecule has 0 radical (unpaired) electrons. The van der Waals surface area contributed by atoms with E-state index in [2.05, 4.69) is 20.4 Å². The Labute approximate surface area is 129 Å². The lowest BCUT2D eigenvalue weighted by atomic mass is 10.0. The quantitative estimate of drug-likeness (QED) is 0.911. The molecule has 1 saturated heterocycles. The Hall–Kier alpha value is -2.31. The molecule has 0 spiro atoms. The van der Waals surface area contributed by atoms with E-state index in [-0.39, 0.29) is 18.0 Å². The maximum Gasteiger partial charge on any atom is 0.323 e. The van der Waals surface area contributed by atoms with Crippen LogP contribution in [0.4, 0.5) is 10.6 Å². The molecule has 2 N–H and O–H groups in total. The van der Waals surface area contributed by atoms with E-state index in [9.17, 15) is 4.79 Å². The lowest BCUT2D eigenvalue weighted by Gasteiger charge is -2.34. The topological polar surface area (TPSA) is 87.0 Å². The highest BCUT2D eigenvalue weighted by Gasteiger charge is 2.30. The zero-order chi connectivity index (χ0) is 15.5. The number of aromatic amines is 1. The number of likely N-dealkylation sites (tertiary alicyclic amines) is 1. The first-order chi connectivity index (χ1) is 10.6. The molecule has 3 heterocycles. The van der Waals surface area contributed by atoms with Gasteiger partial charge in [0.05, 0.1) is 6.04 Å². The molecule has 118 valence electrons. The molecular formula is C15H21N5O2. The normalized spacial score (nSPS) is 18.7. The number of anilines is 1. The summed E-state index contributed by atoms with van der Waals surface area (Å²) in [4.78, 5) is 21.8. The van der Waals surface area contributed by atoms with Crippen LogP contribution >= 0.6 is 0 Å². The summed E-state index contributed by atoms with van der Waals surface area (Å²) >= 11 is 0. The van der Waals surface area contributed by atoms with Gasteiger partial charge in [-0.05, 0) is 19.3 Å². The highest BCUT2D eigenvalue weighted by Crippen LogP contribution is 2.29. The maximum absolute atomic E-state index is 12.5. The molecule has 1 aliphatic rings. The van der Waals surface area contributed by atoms with Gasteiger partial charge in [0, 0.05) is 30.9 Å². The van der Waals surface area contributed by atoms with Crippen LogP contribution in [0.3, 0.4) is 0 Å². The van der Waals surface area contributed by atoms with Gasteiger partial charge >= 0.3 is 6.03 Å². The van der Waals surface area contributed by atoms with Gasteiger partial charge in [0.15, 0.2) is 5.82 Å². The Morgan fingerprint density at radius 2 is 2.36 bits per heavy atom. The molecule has 0 saturated carbocycles. The second kappa shape index (κ2) is 6.21. The summed E-state index contributed by atoms with van der Waals surface area (Å²) in [6.07, 6.45) is 6.51. The Bertz CT molecular complexity index is 620. The van der Waals surface area contributed by atoms with Crippen molar-refractivity contribution >= 4 is 11.8 Å². The van der Waals surface area contributed by atoms with Crippen LogP contribution < -0.4 is 5.32 Å². The third-order valence-electron chi connectivity index (χ3n) is 3.93. The second-order valence-corrected chi connectivity index (χ2v) is 5.88. The zero-order valence-corrected chi connectivity index (χ0v) is 12.9. The second-order valence-electron chi connectivity index (χ2n) is 5.88. The predicted octanol–water partition coefficient (Wildman–Crippen LogP) is 3.28. The molecule has 0 aromatic carbocycles. The van der Waals surface area contributed by atoms with Crippen molar-refractivity contribution in [3.63, 3.8) is 0 Å². The molecule has 3 rings (SSSR count). The van der Waals surface area contributed by atoms with Crippen LogP contribution in [0.2, 0.25) is 0 Å². The van der Waals surface area contributed by atoms with Gasteiger partial charge in [0.1, 0.15) is 11.6 Å². The molecule has 2 aromatic rings. The highest BCUT2D eigenvalue weighted by atomic mass is 16.5. The monoisotopic (exact) mass is 303 g/mol. The Morgan fingerprint density at radius 1 is 1.50 bits per heavy atom. The lowest BCUT2D eigenvalue weighted by Crippen LogP contribution is -2.41. The summed E-state index contributed by atoms with van der Waals surface area (Å²) < 4.78 is 5.21. The van der Waals surface area contributed by atoms with Crippen LogP contribution in [0.1, 0.15) is 56.7 Å². The minimum absolute atomic E-state index is 0.0137. The number of hydrogen-bond acceptors (Lipinski definition) is 4. The highest BCUT2D eigenvalue weighted by molar-refractivity contribution is 5.88. The summed E-state index contributed by atoms with van der Waals surface area (Å²) in [6, 6.07) is 1.60. The van der Waals surface area contributed by atoms with Gasteiger partial charge in [-0.25, -0.2) is 9.78 Å². The number of carbonyl (C=O) groups excluding carboxylic acids is 1. The van der Waals surface area contributed by atoms with Crippen molar-refractivity contribution < 1.29 is 9.32 Å². The third kappa shape index (κ3) is 2.98. The number of rotatable bonds is 3. The number of hydrogen-bond donors (Lipinski definition) is 2. The van der Waals surface area contributed by atoms with Crippen molar-refractivity contribution in [2.75, 3.05) is 11.9 Å². The van der Waals surface area contributed by atoms with Crippen molar-refractivity contribution in [3.05, 3.63) is 30.0 Å². The molecular weight excluding hydrogens is 282 g/mol. The fraction of sp³-hybridized carbons (Fsp3) is 0.533. The SMILES string of the molecule is CC(C)c1cc(NC(=O)N2CCCC[C@@H]2c2ncc[nH]2)no1. The fourth-order valence-corrected chi connectivity index (χ4v) is 2.72. The summed E-state index contributed by atoms with van der Waals surface area (Å²) in [6.45, 7) is 4.75. The van der Waals surface area contributed by atoms with E-state index >= 15 is 0 Å². The lowest BCUT2D eigenvalue weighted by molar-refractivity contribution is 0.159. The average molecular weight is 303 g/mol. The van der Waals surface area contributed by atoms with Gasteiger partial charge in [-0.2, -0.15) is 0 Å². The minimum Gasteiger partial charge on any atom is -0.359 e. The molecule has 0 aliphatic carbocycles. The number of amides is 2. The molecule has 1 aliphatic heterocycles. The smallest absolute Gasteiger partial charge is 0.323 e. The molecule has 0 unspecified atom stereocenters. The van der Waals surface area contributed by atoms with Crippen molar-refractivity contribution in [1.82, 2.24) is 20.0 Å². The minimum atomic E-state index is -0.162. The van der Waals surface area contributed by atoms with Crippen LogP contribution in [0.5, 0.6) is 0 Å². The van der Waals surface area contributed by atoms with Crippen LogP contribution in [-0.4, -0.2) is 32.6 Å². The Morgan fingerprint density at radius 3 is 3.05 bits per heavy atom. The fourth-order valence-electron chi connectivity index (χ4n) is 2.72. The van der Waals surface area contributed by atoms with Crippen LogP contribution in [0, 0.1) is 0 Å². The van der Waals surface area contributed by atoms with E-state index in [4.69, 9.17) is 4.52 Å². The summed E-state index contributed by atoms with van der Waals surface area (Å²) in [5.74, 6) is 2.29. The van der Waals surface area contributed by atoms with Crippen molar-refractivity contribution in [2.24, 2.45) is 0 Å². The molecule has 2 amide bonds. The third-order valence-corrected chi connectivity index (χ3v) is 3.93. The van der Waals surface area contributed by atoms with E-state index in [0.29, 0.717) is 12.4 Å². The van der Waals surface area contributed by atoms with Gasteiger partial charge < -0.3 is 14.4 Å². The predicted molar refractivity (Wildman–Crippen MR) is 81.5 cm³/mol. The number of urea groups is 1. The van der Waals surface area contributed by atoms with Crippen LogP contribution in [0.15, 0.2) is 23.0 Å². The standard InChI is InChI=1S/C15H21N5O2/c1-10(2)12-9-13(19-22-12)18-15(21)20-8-4-3-5-11(20)14-16-6-7-17-14/h6-7,9-11H,3-5,8H2,1-2H3,(H,16,17)(H,18,19,21)/t11-/m1/s1. The number of imidazole rings is 1. The van der Waals surface area contributed by atoms with Crippen LogP contribution in [0.25, 0.3) is 0 Å². The number of carbonyl (C=O) groups is 1. The zero-order valence-electron chi connectivity index (χ0n) is 12.9. The molecule has 7 nitrogen and oxygen atoms in total. The Balaban J connectivity index is 1.71. The number of piperidine rings is 1. The van der Waals surface area contributed by atoms with Crippen LogP contribution in [-0.2, 0) is 0 Å². The largest absolute Gasteiger partial charge is 0.359 e. The van der Waals surface area contributed by atoms with Crippen molar-refractivity contribution in [3.8, 4) is 0 Å². The van der Waals surface area contributed by atoms with E-state index < -0.39 is 0 Å². The van der Waals surface area contributed by atoms with Crippen molar-refractivity contribution in [1.29, 1.82) is 0 Å². The number of H-pyrrole nitrogens is 1. The molecule has 1 atom stereocenters. The van der Waals surface area contributed by atoms with Gasteiger partial charge in [-0.15, -0.1) is 0 Å². The van der Waals surface area contributed by atoms with E-state index in [0.717, 1.165) is 30.8 Å². The molecule has 0 bridgehead atoms. The summed E-state index contributed by atoms with van der Waals surface area (Å²) in [5.41, 5.74) is 0. The first kappa shape index (κ1) is 14.6. The molecule has 7 heteroatoms. The van der Waals surface area contributed by atoms with Gasteiger partial charge in [0.25, 0.3) is 0 Å². The average Bonchev–Trinajstić information content (AvgIpc) is 3.18. The maximum atomic E-state index is 12.5. The first-order valence-corrected chi connectivity index (χ1v) is 7.68. The van der Waals surface area contributed by atoms with Gasteiger partial charge in [0.2, 0.25) is 0 Å². The number of nitrogens with zero attached hydrogens (tertiary/aromatic N) is 3. The molecule has 2 aromatic heterocycles.